The van der Waals surface area contributed by atoms with Gasteiger partial charge < -0.3 is 14.0 Å². The van der Waals surface area contributed by atoms with Gasteiger partial charge in [-0.1, -0.05) is 30.3 Å². The van der Waals surface area contributed by atoms with Gasteiger partial charge in [0.25, 0.3) is 5.91 Å². The van der Waals surface area contributed by atoms with E-state index >= 15 is 0 Å². The predicted octanol–water partition coefficient (Wildman–Crippen LogP) is 4.85. The molecule has 6 heteroatoms. The molecule has 0 unspecified atom stereocenters. The van der Waals surface area contributed by atoms with Gasteiger partial charge in [-0.3, -0.25) is 9.69 Å². The van der Waals surface area contributed by atoms with E-state index in [9.17, 15) is 4.79 Å². The lowest BCUT2D eigenvalue weighted by atomic mass is 10.1. The van der Waals surface area contributed by atoms with Crippen LogP contribution >= 0.6 is 0 Å². The van der Waals surface area contributed by atoms with Crippen molar-refractivity contribution >= 4 is 11.6 Å². The number of nitrogens with zero attached hydrogens (tertiary/aromatic N) is 3. The number of anilines is 1. The lowest BCUT2D eigenvalue weighted by molar-refractivity contribution is 0.0976. The van der Waals surface area contributed by atoms with Crippen LogP contribution in [-0.4, -0.2) is 29.7 Å². The largest absolute Gasteiger partial charge is 0.497 e. The monoisotopic (exact) mass is 411 g/mol. The van der Waals surface area contributed by atoms with E-state index in [0.717, 1.165) is 34.1 Å². The maximum atomic E-state index is 13.6. The number of carbonyl (C=O) groups excluding carboxylic acids is 1. The molecule has 0 atom stereocenters. The number of aromatic nitrogens is 2. The van der Waals surface area contributed by atoms with E-state index in [1.54, 1.807) is 31.3 Å². The van der Waals surface area contributed by atoms with Crippen molar-refractivity contribution in [3.8, 4) is 34.1 Å². The first-order chi connectivity index (χ1) is 15.2. The van der Waals surface area contributed by atoms with Crippen LogP contribution in [0.2, 0.25) is 0 Å². The Morgan fingerprint density at radius 3 is 2.42 bits per heavy atom. The molecule has 6 nitrogen and oxygen atoms in total. The van der Waals surface area contributed by atoms with Crippen LogP contribution in [0, 0.1) is 0 Å². The number of methoxy groups -OCH3 is 2. The van der Waals surface area contributed by atoms with Crippen LogP contribution in [0.15, 0.2) is 79.0 Å². The molecule has 31 heavy (non-hydrogen) atoms. The second kappa shape index (κ2) is 7.65. The molecule has 0 saturated carbocycles. The molecule has 0 saturated heterocycles. The fourth-order valence-corrected chi connectivity index (χ4v) is 3.99. The zero-order valence-corrected chi connectivity index (χ0v) is 17.3. The van der Waals surface area contributed by atoms with Crippen molar-refractivity contribution in [2.24, 2.45) is 0 Å². The predicted molar refractivity (Wildman–Crippen MR) is 119 cm³/mol. The summed E-state index contributed by atoms with van der Waals surface area (Å²) in [5, 5.41) is 0. The van der Waals surface area contributed by atoms with Crippen molar-refractivity contribution in [2.45, 2.75) is 6.67 Å². The first kappa shape index (κ1) is 18.9. The zero-order valence-electron chi connectivity index (χ0n) is 17.3. The maximum absolute atomic E-state index is 13.6. The lowest BCUT2D eigenvalue weighted by Crippen LogP contribution is -2.36. The Morgan fingerprint density at radius 1 is 0.903 bits per heavy atom. The van der Waals surface area contributed by atoms with Crippen molar-refractivity contribution < 1.29 is 14.3 Å². The summed E-state index contributed by atoms with van der Waals surface area (Å²) in [4.78, 5) is 20.1. The van der Waals surface area contributed by atoms with E-state index in [-0.39, 0.29) is 5.91 Å². The van der Waals surface area contributed by atoms with Crippen LogP contribution in [0.25, 0.3) is 22.6 Å². The Hall–Kier alpha value is -4.06. The fraction of sp³-hybridized carbons (Fsp3) is 0.120. The Morgan fingerprint density at radius 2 is 1.65 bits per heavy atom. The standard InChI is InChI=1S/C25H21N3O3/c1-30-18-13-11-17(12-14-18)24-26-15-22-19-7-3-5-9-21(19)28(16-27(22)24)25(29)20-8-4-6-10-23(20)31-2/h3-15H,16H2,1-2H3. The van der Waals surface area contributed by atoms with Gasteiger partial charge in [0.1, 0.15) is 24.0 Å². The highest BCUT2D eigenvalue weighted by molar-refractivity contribution is 6.10. The third-order valence-corrected chi connectivity index (χ3v) is 5.54. The molecular weight excluding hydrogens is 390 g/mol. The van der Waals surface area contributed by atoms with Crippen molar-refractivity contribution in [1.29, 1.82) is 0 Å². The second-order valence-corrected chi connectivity index (χ2v) is 7.22. The van der Waals surface area contributed by atoms with Crippen molar-refractivity contribution in [3.63, 3.8) is 0 Å². The van der Waals surface area contributed by atoms with Gasteiger partial charge in [0.2, 0.25) is 0 Å². The number of benzene rings is 3. The summed E-state index contributed by atoms with van der Waals surface area (Å²) in [6.07, 6.45) is 1.86. The normalized spacial score (nSPS) is 12.1. The van der Waals surface area contributed by atoms with Gasteiger partial charge in [-0.15, -0.1) is 0 Å². The number of imidazole rings is 1. The number of amides is 1. The molecule has 2 heterocycles. The van der Waals surface area contributed by atoms with Crippen LogP contribution in [0.4, 0.5) is 5.69 Å². The summed E-state index contributed by atoms with van der Waals surface area (Å²) < 4.78 is 12.8. The minimum atomic E-state index is -0.120. The molecule has 1 aromatic heterocycles. The molecule has 0 N–H and O–H groups in total. The van der Waals surface area contributed by atoms with Gasteiger partial charge in [0.15, 0.2) is 0 Å². The highest BCUT2D eigenvalue weighted by atomic mass is 16.5. The highest BCUT2D eigenvalue weighted by Gasteiger charge is 2.30. The van der Waals surface area contributed by atoms with Crippen molar-refractivity contribution in [3.05, 3.63) is 84.6 Å². The van der Waals surface area contributed by atoms with E-state index in [4.69, 9.17) is 9.47 Å². The average molecular weight is 411 g/mol. The molecule has 0 spiro atoms. The SMILES string of the molecule is COc1ccc(-c2ncc3n2CN(C(=O)c2ccccc2OC)c2ccccc2-3)cc1. The smallest absolute Gasteiger partial charge is 0.263 e. The zero-order chi connectivity index (χ0) is 21.4. The highest BCUT2D eigenvalue weighted by Crippen LogP contribution is 2.39. The Kier molecular flexibility index (Phi) is 4.67. The number of rotatable bonds is 4. The van der Waals surface area contributed by atoms with Gasteiger partial charge in [-0.05, 0) is 42.5 Å². The number of para-hydroxylation sites is 2. The Balaban J connectivity index is 1.62. The summed E-state index contributed by atoms with van der Waals surface area (Å²) in [6.45, 7) is 0.352. The molecule has 1 aliphatic heterocycles. The van der Waals surface area contributed by atoms with Crippen LogP contribution in [-0.2, 0) is 6.67 Å². The number of ether oxygens (including phenoxy) is 2. The molecule has 0 fully saturated rings. The first-order valence-corrected chi connectivity index (χ1v) is 9.95. The Bertz CT molecular complexity index is 1260. The third-order valence-electron chi connectivity index (χ3n) is 5.54. The van der Waals surface area contributed by atoms with Crippen LogP contribution < -0.4 is 14.4 Å². The molecule has 154 valence electrons. The molecule has 4 aromatic rings. The molecule has 1 amide bonds. The topological polar surface area (TPSA) is 56.6 Å². The van der Waals surface area contributed by atoms with E-state index in [0.29, 0.717) is 18.0 Å². The van der Waals surface area contributed by atoms with E-state index in [1.807, 2.05) is 66.9 Å². The molecule has 0 radical (unpaired) electrons. The third kappa shape index (κ3) is 3.13. The molecule has 3 aromatic carbocycles. The second-order valence-electron chi connectivity index (χ2n) is 7.22. The summed E-state index contributed by atoms with van der Waals surface area (Å²) in [5.74, 6) is 2.01. The van der Waals surface area contributed by atoms with Crippen LogP contribution in [0.3, 0.4) is 0 Å². The van der Waals surface area contributed by atoms with E-state index in [2.05, 4.69) is 9.55 Å². The summed E-state index contributed by atoms with van der Waals surface area (Å²) in [7, 11) is 3.22. The summed E-state index contributed by atoms with van der Waals surface area (Å²) in [5.41, 5.74) is 4.27. The molecule has 0 aliphatic carbocycles. The number of carbonyl (C=O) groups is 1. The lowest BCUT2D eigenvalue weighted by Gasteiger charge is -2.32. The van der Waals surface area contributed by atoms with Crippen molar-refractivity contribution in [1.82, 2.24) is 9.55 Å². The van der Waals surface area contributed by atoms with Gasteiger partial charge >= 0.3 is 0 Å². The van der Waals surface area contributed by atoms with Crippen LogP contribution in [0.5, 0.6) is 11.5 Å². The van der Waals surface area contributed by atoms with E-state index < -0.39 is 0 Å². The molecule has 5 rings (SSSR count). The van der Waals surface area contributed by atoms with Gasteiger partial charge in [0, 0.05) is 11.1 Å². The molecule has 0 bridgehead atoms. The summed E-state index contributed by atoms with van der Waals surface area (Å²) in [6, 6.07) is 22.9. The molecular formula is C25H21N3O3. The van der Waals surface area contributed by atoms with E-state index in [1.165, 1.54) is 0 Å². The van der Waals surface area contributed by atoms with Gasteiger partial charge in [-0.2, -0.15) is 0 Å². The minimum absolute atomic E-state index is 0.120. The summed E-state index contributed by atoms with van der Waals surface area (Å²) >= 11 is 0. The minimum Gasteiger partial charge on any atom is -0.497 e. The number of hydrogen-bond acceptors (Lipinski definition) is 4. The quantitative estimate of drug-likeness (QED) is 0.482. The molecule has 1 aliphatic rings. The van der Waals surface area contributed by atoms with Crippen LogP contribution in [0.1, 0.15) is 10.4 Å². The number of hydrogen-bond donors (Lipinski definition) is 0. The number of fused-ring (bicyclic) bond motifs is 3. The maximum Gasteiger partial charge on any atom is 0.263 e. The van der Waals surface area contributed by atoms with Gasteiger partial charge in [0.05, 0.1) is 37.4 Å². The van der Waals surface area contributed by atoms with Crippen molar-refractivity contribution in [2.75, 3.05) is 19.1 Å². The average Bonchev–Trinajstić information content (AvgIpc) is 3.27. The van der Waals surface area contributed by atoms with Gasteiger partial charge in [-0.25, -0.2) is 4.98 Å². The first-order valence-electron chi connectivity index (χ1n) is 9.95. The Labute approximate surface area is 180 Å². The fourth-order valence-electron chi connectivity index (χ4n) is 3.99.